The summed E-state index contributed by atoms with van der Waals surface area (Å²) in [4.78, 5) is 0. The molecule has 2 nitrogen and oxygen atoms in total. The molecule has 0 spiro atoms. The fraction of sp³-hybridized carbons (Fsp3) is 0.667. The van der Waals surface area contributed by atoms with E-state index < -0.39 is 0 Å². The van der Waals surface area contributed by atoms with Crippen LogP contribution >= 0.6 is 0 Å². The molecule has 20 heavy (non-hydrogen) atoms. The van der Waals surface area contributed by atoms with Gasteiger partial charge in [-0.05, 0) is 29.4 Å². The highest BCUT2D eigenvalue weighted by molar-refractivity contribution is 5.22. The highest BCUT2D eigenvalue weighted by atomic mass is 16.3. The van der Waals surface area contributed by atoms with E-state index in [1.165, 1.54) is 11.1 Å². The Bertz CT molecular complexity index is 354. The lowest BCUT2D eigenvalue weighted by atomic mass is 9.96. The second kappa shape index (κ2) is 9.15. The second-order valence-corrected chi connectivity index (χ2v) is 6.19. The maximum absolute atomic E-state index is 10.1. The molecular weight excluding hydrogens is 246 g/mol. The van der Waals surface area contributed by atoms with Gasteiger partial charge >= 0.3 is 0 Å². The maximum Gasteiger partial charge on any atom is 0.0692 e. The summed E-state index contributed by atoms with van der Waals surface area (Å²) >= 11 is 0. The van der Waals surface area contributed by atoms with Gasteiger partial charge in [-0.15, -0.1) is 0 Å². The van der Waals surface area contributed by atoms with Crippen molar-refractivity contribution in [2.75, 3.05) is 6.54 Å². The molecule has 114 valence electrons. The lowest BCUT2D eigenvalue weighted by Crippen LogP contribution is -2.32. The van der Waals surface area contributed by atoms with E-state index in [0.717, 1.165) is 25.8 Å². The summed E-state index contributed by atoms with van der Waals surface area (Å²) in [6.07, 6.45) is 3.00. The highest BCUT2D eigenvalue weighted by Gasteiger charge is 2.14. The molecule has 0 saturated carbocycles. The molecule has 0 saturated heterocycles. The van der Waals surface area contributed by atoms with Crippen molar-refractivity contribution < 1.29 is 5.11 Å². The average Bonchev–Trinajstić information content (AvgIpc) is 2.41. The second-order valence-electron chi connectivity index (χ2n) is 6.19. The van der Waals surface area contributed by atoms with E-state index >= 15 is 0 Å². The van der Waals surface area contributed by atoms with Crippen LogP contribution in [0.4, 0.5) is 0 Å². The van der Waals surface area contributed by atoms with Gasteiger partial charge in [0.2, 0.25) is 0 Å². The van der Waals surface area contributed by atoms with E-state index in [0.29, 0.717) is 18.4 Å². The van der Waals surface area contributed by atoms with E-state index in [4.69, 9.17) is 0 Å². The van der Waals surface area contributed by atoms with Crippen LogP contribution in [0.15, 0.2) is 24.3 Å². The molecule has 2 N–H and O–H groups in total. The van der Waals surface area contributed by atoms with Gasteiger partial charge in [-0.2, -0.15) is 0 Å². The zero-order valence-electron chi connectivity index (χ0n) is 13.5. The van der Waals surface area contributed by atoms with Crippen molar-refractivity contribution in [3.05, 3.63) is 35.4 Å². The van der Waals surface area contributed by atoms with Crippen LogP contribution in [0.3, 0.4) is 0 Å². The Hall–Kier alpha value is -0.860. The molecule has 2 heteroatoms. The zero-order valence-corrected chi connectivity index (χ0v) is 13.5. The third-order valence-electron chi connectivity index (χ3n) is 3.94. The normalized spacial score (nSPS) is 13.2. The Balaban J connectivity index is 2.35. The van der Waals surface area contributed by atoms with Crippen molar-refractivity contribution in [2.24, 2.45) is 11.8 Å². The standard InChI is InChI=1S/C18H31NO/c1-5-17(6-2)18(20)13-19-12-16-9-7-15(8-10-16)11-14(3)4/h7-10,14,17-20H,5-6,11-13H2,1-4H3. The first-order chi connectivity index (χ1) is 9.56. The molecule has 0 bridgehead atoms. The van der Waals surface area contributed by atoms with Crippen LogP contribution in [0.2, 0.25) is 0 Å². The van der Waals surface area contributed by atoms with Crippen LogP contribution in [0.5, 0.6) is 0 Å². The van der Waals surface area contributed by atoms with Gasteiger partial charge < -0.3 is 10.4 Å². The molecule has 0 aliphatic carbocycles. The molecule has 0 aliphatic heterocycles. The minimum Gasteiger partial charge on any atom is -0.392 e. The Morgan fingerprint density at radius 1 is 1.00 bits per heavy atom. The fourth-order valence-corrected chi connectivity index (χ4v) is 2.63. The Kier molecular flexibility index (Phi) is 7.86. The Morgan fingerprint density at radius 3 is 2.05 bits per heavy atom. The molecule has 1 aromatic carbocycles. The number of nitrogens with one attached hydrogen (secondary N) is 1. The topological polar surface area (TPSA) is 32.3 Å². The molecule has 1 aromatic rings. The number of aliphatic hydroxyl groups is 1. The van der Waals surface area contributed by atoms with Crippen LogP contribution in [0, 0.1) is 11.8 Å². The number of rotatable bonds is 9. The lowest BCUT2D eigenvalue weighted by Gasteiger charge is -2.20. The number of hydrogen-bond donors (Lipinski definition) is 2. The summed E-state index contributed by atoms with van der Waals surface area (Å²) in [7, 11) is 0. The summed E-state index contributed by atoms with van der Waals surface area (Å²) in [6, 6.07) is 8.81. The fourth-order valence-electron chi connectivity index (χ4n) is 2.63. The van der Waals surface area contributed by atoms with Gasteiger partial charge in [-0.25, -0.2) is 0 Å². The lowest BCUT2D eigenvalue weighted by molar-refractivity contribution is 0.101. The molecule has 1 unspecified atom stereocenters. The molecule has 1 rings (SSSR count). The van der Waals surface area contributed by atoms with Crippen molar-refractivity contribution in [3.63, 3.8) is 0 Å². The average molecular weight is 277 g/mol. The first-order valence-electron chi connectivity index (χ1n) is 8.03. The van der Waals surface area contributed by atoms with Crippen LogP contribution < -0.4 is 5.32 Å². The summed E-state index contributed by atoms with van der Waals surface area (Å²) in [6.45, 7) is 10.3. The van der Waals surface area contributed by atoms with Gasteiger partial charge in [0.1, 0.15) is 0 Å². The molecule has 0 radical (unpaired) electrons. The minimum absolute atomic E-state index is 0.231. The predicted octanol–water partition coefficient (Wildman–Crippen LogP) is 3.77. The number of hydrogen-bond acceptors (Lipinski definition) is 2. The van der Waals surface area contributed by atoms with Gasteiger partial charge in [-0.1, -0.05) is 64.8 Å². The highest BCUT2D eigenvalue weighted by Crippen LogP contribution is 2.13. The third kappa shape index (κ3) is 6.06. The van der Waals surface area contributed by atoms with Crippen LogP contribution in [0.25, 0.3) is 0 Å². The quantitative estimate of drug-likeness (QED) is 0.720. The van der Waals surface area contributed by atoms with Crippen molar-refractivity contribution >= 4 is 0 Å². The molecule has 1 atom stereocenters. The zero-order chi connectivity index (χ0) is 15.0. The first kappa shape index (κ1) is 17.2. The van der Waals surface area contributed by atoms with Crippen LogP contribution in [-0.4, -0.2) is 17.8 Å². The smallest absolute Gasteiger partial charge is 0.0692 e. The molecule has 0 fully saturated rings. The van der Waals surface area contributed by atoms with E-state index in [9.17, 15) is 5.11 Å². The molecule has 0 amide bonds. The van der Waals surface area contributed by atoms with Crippen molar-refractivity contribution in [1.82, 2.24) is 5.32 Å². The SMILES string of the molecule is CCC(CC)C(O)CNCc1ccc(CC(C)C)cc1. The van der Waals surface area contributed by atoms with E-state index in [2.05, 4.69) is 57.3 Å². The van der Waals surface area contributed by atoms with Crippen molar-refractivity contribution in [3.8, 4) is 0 Å². The minimum atomic E-state index is -0.231. The van der Waals surface area contributed by atoms with Crippen LogP contribution in [0.1, 0.15) is 51.7 Å². The molecule has 0 heterocycles. The monoisotopic (exact) mass is 277 g/mol. The van der Waals surface area contributed by atoms with E-state index in [-0.39, 0.29) is 6.10 Å². The number of aliphatic hydroxyl groups excluding tert-OH is 1. The molecular formula is C18H31NO. The van der Waals surface area contributed by atoms with E-state index in [1.54, 1.807) is 0 Å². The van der Waals surface area contributed by atoms with Gasteiger partial charge in [-0.3, -0.25) is 0 Å². The van der Waals surface area contributed by atoms with Gasteiger partial charge in [0.25, 0.3) is 0 Å². The number of benzene rings is 1. The van der Waals surface area contributed by atoms with Gasteiger partial charge in [0.05, 0.1) is 6.10 Å². The molecule has 0 aliphatic rings. The maximum atomic E-state index is 10.1. The summed E-state index contributed by atoms with van der Waals surface area (Å²) in [5.41, 5.74) is 2.69. The first-order valence-corrected chi connectivity index (χ1v) is 8.03. The van der Waals surface area contributed by atoms with Gasteiger partial charge in [0, 0.05) is 13.1 Å². The summed E-state index contributed by atoms with van der Waals surface area (Å²) in [5, 5.41) is 13.4. The van der Waals surface area contributed by atoms with Crippen LogP contribution in [-0.2, 0) is 13.0 Å². The molecule has 0 aromatic heterocycles. The predicted molar refractivity (Wildman–Crippen MR) is 86.8 cm³/mol. The summed E-state index contributed by atoms with van der Waals surface area (Å²) in [5.74, 6) is 1.12. The van der Waals surface area contributed by atoms with E-state index in [1.807, 2.05) is 0 Å². The Morgan fingerprint density at radius 2 is 1.55 bits per heavy atom. The summed E-state index contributed by atoms with van der Waals surface area (Å²) < 4.78 is 0. The third-order valence-corrected chi connectivity index (χ3v) is 3.94. The van der Waals surface area contributed by atoms with Gasteiger partial charge in [0.15, 0.2) is 0 Å². The van der Waals surface area contributed by atoms with Crippen molar-refractivity contribution in [2.45, 2.75) is 59.6 Å². The largest absolute Gasteiger partial charge is 0.392 e. The van der Waals surface area contributed by atoms with Crippen molar-refractivity contribution in [1.29, 1.82) is 0 Å². The Labute approximate surface area is 124 Å².